The van der Waals surface area contributed by atoms with Crippen LogP contribution >= 0.6 is 11.3 Å². The molecule has 0 bridgehead atoms. The fraction of sp³-hybridized carbons (Fsp3) is 0.267. The highest BCUT2D eigenvalue weighted by atomic mass is 32.1. The van der Waals surface area contributed by atoms with Crippen LogP contribution in [-0.4, -0.2) is 16.7 Å². The van der Waals surface area contributed by atoms with Gasteiger partial charge in [0.05, 0.1) is 5.69 Å². The molecule has 0 aliphatic heterocycles. The minimum atomic E-state index is -0.0995. The van der Waals surface area contributed by atoms with Crippen molar-refractivity contribution in [1.29, 1.82) is 0 Å². The number of nitrogens with zero attached hydrogens (tertiary/aromatic N) is 2. The van der Waals surface area contributed by atoms with Crippen molar-refractivity contribution in [3.05, 3.63) is 40.9 Å². The zero-order chi connectivity index (χ0) is 14.7. The molecule has 0 aliphatic rings. The van der Waals surface area contributed by atoms with Gasteiger partial charge in [-0.2, -0.15) is 0 Å². The van der Waals surface area contributed by atoms with Crippen molar-refractivity contribution in [1.82, 2.24) is 4.98 Å². The molecule has 0 saturated carbocycles. The Hall–Kier alpha value is -2.01. The Kier molecular flexibility index (Phi) is 4.29. The lowest BCUT2D eigenvalue weighted by atomic mass is 10.0. The predicted molar refractivity (Wildman–Crippen MR) is 80.5 cm³/mol. The summed E-state index contributed by atoms with van der Waals surface area (Å²) in [5.74, 6) is 0.00597. The van der Waals surface area contributed by atoms with Crippen LogP contribution in [0, 0.1) is 6.92 Å². The average molecular weight is 288 g/mol. The molecule has 0 fully saturated rings. The maximum atomic E-state index is 11.9. The summed E-state index contributed by atoms with van der Waals surface area (Å²) in [5, 5.41) is 2.46. The van der Waals surface area contributed by atoms with Crippen molar-refractivity contribution in [2.75, 3.05) is 4.90 Å². The molecular weight excluding hydrogens is 272 g/mol. The van der Waals surface area contributed by atoms with Crippen molar-refractivity contribution >= 4 is 33.8 Å². The van der Waals surface area contributed by atoms with Gasteiger partial charge in [-0.15, -0.1) is 11.3 Å². The van der Waals surface area contributed by atoms with Gasteiger partial charge in [-0.3, -0.25) is 14.5 Å². The second-order valence-electron chi connectivity index (χ2n) is 4.66. The fourth-order valence-corrected chi connectivity index (χ4v) is 2.71. The zero-order valence-corrected chi connectivity index (χ0v) is 12.5. The van der Waals surface area contributed by atoms with Crippen LogP contribution in [0.25, 0.3) is 0 Å². The first kappa shape index (κ1) is 14.4. The Labute approximate surface area is 122 Å². The third-order valence-corrected chi connectivity index (χ3v) is 3.71. The van der Waals surface area contributed by atoms with Crippen LogP contribution in [0.3, 0.4) is 0 Å². The summed E-state index contributed by atoms with van der Waals surface area (Å²) < 4.78 is 0. The van der Waals surface area contributed by atoms with Gasteiger partial charge in [-0.1, -0.05) is 6.07 Å². The topological polar surface area (TPSA) is 50.3 Å². The van der Waals surface area contributed by atoms with Gasteiger partial charge in [0.1, 0.15) is 5.78 Å². The van der Waals surface area contributed by atoms with Crippen LogP contribution in [0.1, 0.15) is 25.0 Å². The molecule has 0 spiro atoms. The second kappa shape index (κ2) is 5.96. The third-order valence-electron chi connectivity index (χ3n) is 2.96. The third kappa shape index (κ3) is 3.11. The van der Waals surface area contributed by atoms with Gasteiger partial charge in [0.15, 0.2) is 5.13 Å². The summed E-state index contributed by atoms with van der Waals surface area (Å²) >= 11 is 1.41. The standard InChI is InChI=1S/C15H16N2O2S/c1-10-4-5-14(9-13(10)8-11(2)18)17(12(3)19)15-16-6-7-20-15/h4-7,9H,8H2,1-3H3. The predicted octanol–water partition coefficient (Wildman–Crippen LogP) is 3.27. The van der Waals surface area contributed by atoms with E-state index in [4.69, 9.17) is 0 Å². The number of amides is 1. The highest BCUT2D eigenvalue weighted by Crippen LogP contribution is 2.29. The smallest absolute Gasteiger partial charge is 0.230 e. The first-order chi connectivity index (χ1) is 9.49. The number of Topliss-reactive ketones (excluding diaryl/α,β-unsaturated/α-hetero) is 1. The quantitative estimate of drug-likeness (QED) is 0.867. The molecule has 1 aromatic heterocycles. The molecule has 2 aromatic rings. The lowest BCUT2D eigenvalue weighted by Gasteiger charge is -2.19. The van der Waals surface area contributed by atoms with E-state index in [1.165, 1.54) is 18.3 Å². The number of aromatic nitrogens is 1. The van der Waals surface area contributed by atoms with Gasteiger partial charge >= 0.3 is 0 Å². The number of rotatable bonds is 4. The largest absolute Gasteiger partial charge is 0.300 e. The minimum Gasteiger partial charge on any atom is -0.300 e. The highest BCUT2D eigenvalue weighted by Gasteiger charge is 2.17. The molecule has 1 heterocycles. The maximum absolute atomic E-state index is 11.9. The molecule has 0 N–H and O–H groups in total. The number of carbonyl (C=O) groups excluding carboxylic acids is 2. The summed E-state index contributed by atoms with van der Waals surface area (Å²) in [4.78, 5) is 29.0. The van der Waals surface area contributed by atoms with E-state index >= 15 is 0 Å². The molecule has 104 valence electrons. The van der Waals surface area contributed by atoms with Crippen LogP contribution in [0.4, 0.5) is 10.8 Å². The number of ketones is 1. The Bertz CT molecular complexity index is 635. The first-order valence-electron chi connectivity index (χ1n) is 6.28. The number of aryl methyl sites for hydroxylation is 1. The van der Waals surface area contributed by atoms with Gasteiger partial charge in [-0.05, 0) is 37.1 Å². The summed E-state index contributed by atoms with van der Waals surface area (Å²) in [6.45, 7) is 5.03. The number of benzene rings is 1. The molecule has 20 heavy (non-hydrogen) atoms. The van der Waals surface area contributed by atoms with E-state index in [2.05, 4.69) is 4.98 Å². The number of hydrogen-bond acceptors (Lipinski definition) is 4. The number of hydrogen-bond donors (Lipinski definition) is 0. The molecule has 0 atom stereocenters. The first-order valence-corrected chi connectivity index (χ1v) is 7.16. The minimum absolute atomic E-state index is 0.0995. The maximum Gasteiger partial charge on any atom is 0.230 e. The Morgan fingerprint density at radius 1 is 1.30 bits per heavy atom. The van der Waals surface area contributed by atoms with Gasteiger partial charge in [0.25, 0.3) is 0 Å². The highest BCUT2D eigenvalue weighted by molar-refractivity contribution is 7.13. The molecule has 0 saturated heterocycles. The zero-order valence-electron chi connectivity index (χ0n) is 11.7. The SMILES string of the molecule is CC(=O)Cc1cc(N(C(C)=O)c2nccs2)ccc1C. The number of carbonyl (C=O) groups is 2. The van der Waals surface area contributed by atoms with Gasteiger partial charge in [-0.25, -0.2) is 4.98 Å². The lowest BCUT2D eigenvalue weighted by molar-refractivity contribution is -0.116. The molecule has 5 heteroatoms. The average Bonchev–Trinajstić information content (AvgIpc) is 2.86. The molecule has 0 radical (unpaired) electrons. The normalized spacial score (nSPS) is 10.3. The van der Waals surface area contributed by atoms with Crippen molar-refractivity contribution in [3.63, 3.8) is 0 Å². The van der Waals surface area contributed by atoms with Crippen molar-refractivity contribution < 1.29 is 9.59 Å². The van der Waals surface area contributed by atoms with Crippen LogP contribution in [0.15, 0.2) is 29.8 Å². The second-order valence-corrected chi connectivity index (χ2v) is 5.53. The van der Waals surface area contributed by atoms with E-state index in [0.29, 0.717) is 11.6 Å². The van der Waals surface area contributed by atoms with Gasteiger partial charge in [0, 0.05) is 24.9 Å². The van der Waals surface area contributed by atoms with Crippen molar-refractivity contribution in [3.8, 4) is 0 Å². The monoisotopic (exact) mass is 288 g/mol. The van der Waals surface area contributed by atoms with Crippen molar-refractivity contribution in [2.45, 2.75) is 27.2 Å². The molecule has 0 aliphatic carbocycles. The molecule has 2 rings (SSSR count). The summed E-state index contributed by atoms with van der Waals surface area (Å²) in [6.07, 6.45) is 2.05. The van der Waals surface area contributed by atoms with Crippen molar-refractivity contribution in [2.24, 2.45) is 0 Å². The Morgan fingerprint density at radius 2 is 2.05 bits per heavy atom. The van der Waals surface area contributed by atoms with Gasteiger partial charge < -0.3 is 0 Å². The van der Waals surface area contributed by atoms with E-state index in [9.17, 15) is 9.59 Å². The fourth-order valence-electron chi connectivity index (χ4n) is 2.01. The van der Waals surface area contributed by atoms with E-state index in [0.717, 1.165) is 16.8 Å². The molecule has 1 amide bonds. The van der Waals surface area contributed by atoms with E-state index in [1.807, 2.05) is 30.5 Å². The number of anilines is 2. The Balaban J connectivity index is 2.44. The summed E-state index contributed by atoms with van der Waals surface area (Å²) in [6, 6.07) is 5.69. The lowest BCUT2D eigenvalue weighted by Crippen LogP contribution is -2.22. The molecule has 1 aromatic carbocycles. The Morgan fingerprint density at radius 3 is 2.60 bits per heavy atom. The van der Waals surface area contributed by atoms with Crippen LogP contribution in [0.5, 0.6) is 0 Å². The summed E-state index contributed by atoms with van der Waals surface area (Å²) in [5.41, 5.74) is 2.73. The molecule has 4 nitrogen and oxygen atoms in total. The van der Waals surface area contributed by atoms with Crippen LogP contribution in [0.2, 0.25) is 0 Å². The van der Waals surface area contributed by atoms with Crippen LogP contribution < -0.4 is 4.90 Å². The summed E-state index contributed by atoms with van der Waals surface area (Å²) in [7, 11) is 0. The van der Waals surface area contributed by atoms with E-state index in [-0.39, 0.29) is 11.7 Å². The molecular formula is C15H16N2O2S. The van der Waals surface area contributed by atoms with E-state index < -0.39 is 0 Å². The van der Waals surface area contributed by atoms with E-state index in [1.54, 1.807) is 18.0 Å². The molecule has 0 unspecified atom stereocenters. The van der Waals surface area contributed by atoms with Gasteiger partial charge in [0.2, 0.25) is 5.91 Å². The van der Waals surface area contributed by atoms with Crippen LogP contribution in [-0.2, 0) is 16.0 Å². The number of thiazole rings is 1.